The van der Waals surface area contributed by atoms with Crippen molar-refractivity contribution in [3.05, 3.63) is 0 Å². The molecule has 8 heteroatoms. The van der Waals surface area contributed by atoms with Crippen LogP contribution in [0.1, 0.15) is 19.3 Å². The van der Waals surface area contributed by atoms with E-state index >= 15 is 0 Å². The summed E-state index contributed by atoms with van der Waals surface area (Å²) in [6, 6.07) is -1.66. The van der Waals surface area contributed by atoms with E-state index in [1.807, 2.05) is 19.0 Å². The third-order valence-electron chi connectivity index (χ3n) is 2.54. The van der Waals surface area contributed by atoms with E-state index in [-0.39, 0.29) is 12.8 Å². The summed E-state index contributed by atoms with van der Waals surface area (Å²) in [6.07, 6.45) is 0.696. The summed E-state index contributed by atoms with van der Waals surface area (Å²) in [4.78, 5) is 35.4. The summed E-state index contributed by atoms with van der Waals surface area (Å²) < 4.78 is 4.42. The average molecular weight is 289 g/mol. The molecule has 0 aliphatic rings. The molecular formula is C12H23N3O5. The fourth-order valence-corrected chi connectivity index (χ4v) is 1.43. The second-order valence-electron chi connectivity index (χ2n) is 4.56. The molecule has 2 amide bonds. The summed E-state index contributed by atoms with van der Waals surface area (Å²) in [5.41, 5.74) is 0. The Hall–Kier alpha value is -1.83. The monoisotopic (exact) mass is 289 g/mol. The van der Waals surface area contributed by atoms with Crippen molar-refractivity contribution in [2.75, 3.05) is 34.3 Å². The lowest BCUT2D eigenvalue weighted by atomic mass is 10.1. The number of hydrogen-bond donors (Lipinski definition) is 3. The van der Waals surface area contributed by atoms with Gasteiger partial charge in [-0.1, -0.05) is 0 Å². The number of aliphatic carboxylic acids is 1. The summed E-state index contributed by atoms with van der Waals surface area (Å²) in [5.74, 6) is -1.69. The molecule has 0 fully saturated rings. The number of hydrogen-bond acceptors (Lipinski definition) is 5. The minimum Gasteiger partial charge on any atom is -0.480 e. The zero-order valence-corrected chi connectivity index (χ0v) is 12.1. The molecule has 0 heterocycles. The fraction of sp³-hybridized carbons (Fsp3) is 0.750. The van der Waals surface area contributed by atoms with Gasteiger partial charge in [-0.3, -0.25) is 4.79 Å². The Labute approximate surface area is 118 Å². The molecule has 0 rings (SSSR count). The second-order valence-corrected chi connectivity index (χ2v) is 4.56. The molecule has 0 unspecified atom stereocenters. The topological polar surface area (TPSA) is 108 Å². The molecular weight excluding hydrogens is 266 g/mol. The molecule has 0 bridgehead atoms. The SMILES string of the molecule is COC(=O)CC[C@H](NC(=O)NCCCN(C)C)C(=O)O. The number of nitrogens with one attached hydrogen (secondary N) is 2. The number of carbonyl (C=O) groups excluding carboxylic acids is 2. The highest BCUT2D eigenvalue weighted by molar-refractivity contribution is 5.83. The maximum atomic E-state index is 11.5. The molecule has 0 aromatic rings. The van der Waals surface area contributed by atoms with Crippen molar-refractivity contribution >= 4 is 18.0 Å². The molecule has 0 saturated heterocycles. The molecule has 0 aliphatic heterocycles. The number of methoxy groups -OCH3 is 1. The van der Waals surface area contributed by atoms with Crippen molar-refractivity contribution in [1.82, 2.24) is 15.5 Å². The largest absolute Gasteiger partial charge is 0.480 e. The van der Waals surface area contributed by atoms with E-state index in [1.165, 1.54) is 7.11 Å². The van der Waals surface area contributed by atoms with E-state index < -0.39 is 24.0 Å². The number of rotatable bonds is 9. The van der Waals surface area contributed by atoms with Crippen LogP contribution in [0.2, 0.25) is 0 Å². The number of esters is 1. The Kier molecular flexibility index (Phi) is 9.10. The highest BCUT2D eigenvalue weighted by Crippen LogP contribution is 1.99. The average Bonchev–Trinajstić information content (AvgIpc) is 2.38. The Morgan fingerprint density at radius 1 is 1.30 bits per heavy atom. The van der Waals surface area contributed by atoms with Gasteiger partial charge in [0.25, 0.3) is 0 Å². The Bertz CT molecular complexity index is 333. The van der Waals surface area contributed by atoms with Crippen molar-refractivity contribution in [3.8, 4) is 0 Å². The number of carboxylic acids is 1. The molecule has 0 saturated carbocycles. The van der Waals surface area contributed by atoms with Gasteiger partial charge in [0.15, 0.2) is 0 Å². The third kappa shape index (κ3) is 9.15. The lowest BCUT2D eigenvalue weighted by Crippen LogP contribution is -2.46. The highest BCUT2D eigenvalue weighted by Gasteiger charge is 2.20. The van der Waals surface area contributed by atoms with Gasteiger partial charge in [0.1, 0.15) is 6.04 Å². The van der Waals surface area contributed by atoms with Gasteiger partial charge in [-0.15, -0.1) is 0 Å². The Balaban J connectivity index is 4.02. The summed E-state index contributed by atoms with van der Waals surface area (Å²) >= 11 is 0. The molecule has 0 aromatic heterocycles. The summed E-state index contributed by atoms with van der Waals surface area (Å²) in [5, 5.41) is 13.8. The van der Waals surface area contributed by atoms with Gasteiger partial charge in [0, 0.05) is 13.0 Å². The van der Waals surface area contributed by atoms with E-state index in [9.17, 15) is 14.4 Å². The molecule has 0 radical (unpaired) electrons. The van der Waals surface area contributed by atoms with Gasteiger partial charge in [-0.05, 0) is 33.5 Å². The highest BCUT2D eigenvalue weighted by atomic mass is 16.5. The predicted octanol–water partition coefficient (Wildman–Crippen LogP) is -0.356. The fourth-order valence-electron chi connectivity index (χ4n) is 1.43. The molecule has 0 aromatic carbocycles. The molecule has 20 heavy (non-hydrogen) atoms. The second kappa shape index (κ2) is 10.0. The minimum atomic E-state index is -1.18. The van der Waals surface area contributed by atoms with Crippen LogP contribution in [0.3, 0.4) is 0 Å². The van der Waals surface area contributed by atoms with Gasteiger partial charge >= 0.3 is 18.0 Å². The first-order chi connectivity index (χ1) is 9.36. The lowest BCUT2D eigenvalue weighted by Gasteiger charge is -2.15. The first-order valence-electron chi connectivity index (χ1n) is 6.35. The molecule has 0 spiro atoms. The molecule has 1 atom stereocenters. The van der Waals surface area contributed by atoms with Crippen molar-refractivity contribution in [2.45, 2.75) is 25.3 Å². The van der Waals surface area contributed by atoms with E-state index in [4.69, 9.17) is 5.11 Å². The minimum absolute atomic E-state index is 0.00682. The van der Waals surface area contributed by atoms with Gasteiger partial charge < -0.3 is 25.4 Å². The normalized spacial score (nSPS) is 11.8. The zero-order valence-electron chi connectivity index (χ0n) is 12.1. The van der Waals surface area contributed by atoms with Crippen LogP contribution < -0.4 is 10.6 Å². The van der Waals surface area contributed by atoms with Crippen LogP contribution in [0, 0.1) is 0 Å². The maximum Gasteiger partial charge on any atom is 0.326 e. The summed E-state index contributed by atoms with van der Waals surface area (Å²) in [7, 11) is 5.07. The molecule has 3 N–H and O–H groups in total. The van der Waals surface area contributed by atoms with E-state index in [1.54, 1.807) is 0 Å². The number of urea groups is 1. The Morgan fingerprint density at radius 2 is 1.95 bits per heavy atom. The van der Waals surface area contributed by atoms with Crippen LogP contribution in [0.15, 0.2) is 0 Å². The quantitative estimate of drug-likeness (QED) is 0.395. The van der Waals surface area contributed by atoms with Crippen molar-refractivity contribution in [1.29, 1.82) is 0 Å². The molecule has 8 nitrogen and oxygen atoms in total. The van der Waals surface area contributed by atoms with Crippen molar-refractivity contribution < 1.29 is 24.2 Å². The van der Waals surface area contributed by atoms with E-state index in [0.29, 0.717) is 6.54 Å². The van der Waals surface area contributed by atoms with E-state index in [2.05, 4.69) is 15.4 Å². The molecule has 116 valence electrons. The van der Waals surface area contributed by atoms with Gasteiger partial charge in [0.2, 0.25) is 0 Å². The maximum absolute atomic E-state index is 11.5. The number of amides is 2. The number of nitrogens with zero attached hydrogens (tertiary/aromatic N) is 1. The van der Waals surface area contributed by atoms with Gasteiger partial charge in [0.05, 0.1) is 7.11 Å². The number of carboxylic acid groups (broad SMARTS) is 1. The van der Waals surface area contributed by atoms with Crippen molar-refractivity contribution in [3.63, 3.8) is 0 Å². The smallest absolute Gasteiger partial charge is 0.326 e. The number of carbonyl (C=O) groups is 3. The number of ether oxygens (including phenoxy) is 1. The first-order valence-corrected chi connectivity index (χ1v) is 6.35. The Morgan fingerprint density at radius 3 is 2.45 bits per heavy atom. The zero-order chi connectivity index (χ0) is 15.5. The first kappa shape index (κ1) is 18.2. The van der Waals surface area contributed by atoms with Gasteiger partial charge in [-0.2, -0.15) is 0 Å². The van der Waals surface area contributed by atoms with Crippen LogP contribution in [0.4, 0.5) is 4.79 Å². The summed E-state index contributed by atoms with van der Waals surface area (Å²) in [6.45, 7) is 1.28. The van der Waals surface area contributed by atoms with Crippen LogP contribution in [-0.4, -0.2) is 68.3 Å². The standard InChI is InChI=1S/C12H23N3O5/c1-15(2)8-4-7-13-12(19)14-9(11(17)18)5-6-10(16)20-3/h9H,4-8H2,1-3H3,(H,17,18)(H2,13,14,19)/t9-/m0/s1. The molecule has 0 aliphatic carbocycles. The predicted molar refractivity (Wildman–Crippen MR) is 72.4 cm³/mol. The van der Waals surface area contributed by atoms with Gasteiger partial charge in [-0.25, -0.2) is 9.59 Å². The third-order valence-corrected chi connectivity index (χ3v) is 2.54. The van der Waals surface area contributed by atoms with E-state index in [0.717, 1.165) is 13.0 Å². The van der Waals surface area contributed by atoms with Crippen molar-refractivity contribution in [2.24, 2.45) is 0 Å². The lowest BCUT2D eigenvalue weighted by molar-refractivity contribution is -0.142. The van der Waals surface area contributed by atoms with Crippen LogP contribution in [0.25, 0.3) is 0 Å². The van der Waals surface area contributed by atoms with Crippen LogP contribution in [-0.2, 0) is 14.3 Å². The van der Waals surface area contributed by atoms with Crippen LogP contribution >= 0.6 is 0 Å². The van der Waals surface area contributed by atoms with Crippen LogP contribution in [0.5, 0.6) is 0 Å².